The molecule has 0 saturated carbocycles. The summed E-state index contributed by atoms with van der Waals surface area (Å²) >= 11 is 0. The molecule has 9 nitrogen and oxygen atoms in total. The van der Waals surface area contributed by atoms with Gasteiger partial charge in [0, 0.05) is 26.0 Å². The van der Waals surface area contributed by atoms with Crippen molar-refractivity contribution < 1.29 is 33.6 Å². The Morgan fingerprint density at radius 3 is 2.06 bits per heavy atom. The van der Waals surface area contributed by atoms with E-state index in [1.165, 1.54) is 0 Å². The third-order valence-corrected chi connectivity index (χ3v) is 5.00. The lowest BCUT2D eigenvalue weighted by atomic mass is 9.85. The molecular formula is C23H46N2O7. The molecule has 0 aliphatic carbocycles. The lowest BCUT2D eigenvalue weighted by Gasteiger charge is -2.36. The maximum absolute atomic E-state index is 12.3. The number of aliphatic hydroxyl groups is 1. The number of alkyl carbamates (subject to hydrolysis) is 1. The Morgan fingerprint density at radius 1 is 0.938 bits per heavy atom. The van der Waals surface area contributed by atoms with Crippen LogP contribution in [0.1, 0.15) is 66.7 Å². The number of nitrogens with one attached hydrogen (secondary N) is 2. The Labute approximate surface area is 193 Å². The molecular weight excluding hydrogens is 416 g/mol. The predicted octanol–water partition coefficient (Wildman–Crippen LogP) is 2.64. The van der Waals surface area contributed by atoms with Crippen LogP contribution in [0.3, 0.4) is 0 Å². The number of ketones is 1. The van der Waals surface area contributed by atoms with E-state index in [-0.39, 0.29) is 25.0 Å². The molecule has 0 aliphatic heterocycles. The van der Waals surface area contributed by atoms with E-state index in [9.17, 15) is 14.7 Å². The van der Waals surface area contributed by atoms with Crippen LogP contribution >= 0.6 is 0 Å². The van der Waals surface area contributed by atoms with E-state index >= 15 is 0 Å². The number of amides is 1. The molecule has 3 atom stereocenters. The molecule has 3 unspecified atom stereocenters. The number of rotatable bonds is 19. The lowest BCUT2D eigenvalue weighted by Crippen LogP contribution is -2.58. The molecule has 0 bridgehead atoms. The van der Waals surface area contributed by atoms with E-state index in [0.29, 0.717) is 45.7 Å². The van der Waals surface area contributed by atoms with Gasteiger partial charge in [-0.15, -0.1) is 0 Å². The number of hydrogen-bond donors (Lipinski definition) is 3. The second kappa shape index (κ2) is 18.2. The average Bonchev–Trinajstić information content (AvgIpc) is 2.73. The van der Waals surface area contributed by atoms with Crippen molar-refractivity contribution in [1.82, 2.24) is 10.6 Å². The molecule has 190 valence electrons. The Balaban J connectivity index is 4.49. The van der Waals surface area contributed by atoms with E-state index in [1.807, 2.05) is 27.7 Å². The third kappa shape index (κ3) is 15.5. The van der Waals surface area contributed by atoms with Gasteiger partial charge in [0.25, 0.3) is 0 Å². The molecule has 32 heavy (non-hydrogen) atoms. The van der Waals surface area contributed by atoms with E-state index in [2.05, 4.69) is 17.6 Å². The zero-order chi connectivity index (χ0) is 24.4. The standard InChI is InChI=1S/C23H46N2O7/c1-7-9-18(10-11-19(26)8-2)24-21(27)20(23(3,4)5)25-22(28)32-17-16-31-15-14-30-13-12-29-6/h18,20-21,24,27H,7-17H2,1-6H3,(H,25,28). The number of hydrogen-bond acceptors (Lipinski definition) is 8. The van der Waals surface area contributed by atoms with Gasteiger partial charge in [-0.3, -0.25) is 10.1 Å². The molecule has 0 aromatic rings. The third-order valence-electron chi connectivity index (χ3n) is 5.00. The van der Waals surface area contributed by atoms with Gasteiger partial charge in [0.05, 0.1) is 39.1 Å². The van der Waals surface area contributed by atoms with Crippen molar-refractivity contribution in [2.75, 3.05) is 46.8 Å². The molecule has 0 rings (SSSR count). The van der Waals surface area contributed by atoms with Crippen LogP contribution in [0.4, 0.5) is 4.79 Å². The summed E-state index contributed by atoms with van der Waals surface area (Å²) in [6, 6.07) is -0.584. The van der Waals surface area contributed by atoms with Gasteiger partial charge in [-0.25, -0.2) is 4.79 Å². The number of carbonyl (C=O) groups excluding carboxylic acids is 2. The summed E-state index contributed by atoms with van der Waals surface area (Å²) in [4.78, 5) is 24.0. The van der Waals surface area contributed by atoms with Gasteiger partial charge < -0.3 is 29.4 Å². The van der Waals surface area contributed by atoms with Gasteiger partial charge >= 0.3 is 6.09 Å². The highest BCUT2D eigenvalue weighted by molar-refractivity contribution is 5.77. The highest BCUT2D eigenvalue weighted by atomic mass is 16.6. The normalized spacial score (nSPS) is 14.6. The largest absolute Gasteiger partial charge is 0.447 e. The van der Waals surface area contributed by atoms with Crippen LogP contribution in [0.5, 0.6) is 0 Å². The van der Waals surface area contributed by atoms with E-state index in [0.717, 1.165) is 12.8 Å². The summed E-state index contributed by atoms with van der Waals surface area (Å²) in [6.07, 6.45) is 1.83. The smallest absolute Gasteiger partial charge is 0.407 e. The van der Waals surface area contributed by atoms with Gasteiger partial charge in [0.15, 0.2) is 0 Å². The van der Waals surface area contributed by atoms with Gasteiger partial charge in [-0.2, -0.15) is 0 Å². The maximum atomic E-state index is 12.3. The van der Waals surface area contributed by atoms with Gasteiger partial charge in [0.1, 0.15) is 18.6 Å². The summed E-state index contributed by atoms with van der Waals surface area (Å²) in [5, 5.41) is 16.8. The fourth-order valence-electron chi connectivity index (χ4n) is 3.10. The van der Waals surface area contributed by atoms with Crippen molar-refractivity contribution in [2.45, 2.75) is 85.0 Å². The molecule has 0 aliphatic rings. The number of Topliss-reactive ketones (excluding diaryl/α,β-unsaturated/α-hetero) is 1. The summed E-state index contributed by atoms with van der Waals surface area (Å²) in [5.41, 5.74) is -0.419. The molecule has 0 aromatic heterocycles. The highest BCUT2D eigenvalue weighted by Gasteiger charge is 2.34. The van der Waals surface area contributed by atoms with Crippen LogP contribution in [0, 0.1) is 5.41 Å². The fourth-order valence-corrected chi connectivity index (χ4v) is 3.10. The van der Waals surface area contributed by atoms with E-state index in [1.54, 1.807) is 7.11 Å². The van der Waals surface area contributed by atoms with Crippen molar-refractivity contribution >= 4 is 11.9 Å². The number of aliphatic hydroxyl groups excluding tert-OH is 1. The van der Waals surface area contributed by atoms with Crippen LogP contribution in [-0.2, 0) is 23.7 Å². The first-order chi connectivity index (χ1) is 15.1. The number of ether oxygens (including phenoxy) is 4. The Hall–Kier alpha value is -1.26. The summed E-state index contributed by atoms with van der Waals surface area (Å²) in [7, 11) is 1.61. The molecule has 0 heterocycles. The van der Waals surface area contributed by atoms with Crippen LogP contribution in [-0.4, -0.2) is 82.0 Å². The Bertz CT molecular complexity index is 497. The monoisotopic (exact) mass is 462 g/mol. The minimum absolute atomic E-state index is 0.00678. The van der Waals surface area contributed by atoms with Gasteiger partial charge in [0.2, 0.25) is 0 Å². The molecule has 0 saturated heterocycles. The molecule has 0 spiro atoms. The second-order valence-electron chi connectivity index (χ2n) is 8.87. The Kier molecular flexibility index (Phi) is 17.5. The first kappa shape index (κ1) is 30.7. The van der Waals surface area contributed by atoms with Crippen molar-refractivity contribution in [2.24, 2.45) is 5.41 Å². The van der Waals surface area contributed by atoms with Gasteiger partial charge in [-0.1, -0.05) is 41.0 Å². The summed E-state index contributed by atoms with van der Waals surface area (Å²) < 4.78 is 20.7. The van der Waals surface area contributed by atoms with Crippen molar-refractivity contribution in [3.63, 3.8) is 0 Å². The maximum Gasteiger partial charge on any atom is 0.407 e. The van der Waals surface area contributed by atoms with Crippen molar-refractivity contribution in [3.8, 4) is 0 Å². The highest BCUT2D eigenvalue weighted by Crippen LogP contribution is 2.22. The topological polar surface area (TPSA) is 115 Å². The first-order valence-electron chi connectivity index (χ1n) is 11.7. The van der Waals surface area contributed by atoms with Crippen molar-refractivity contribution in [1.29, 1.82) is 0 Å². The van der Waals surface area contributed by atoms with Crippen molar-refractivity contribution in [3.05, 3.63) is 0 Å². The van der Waals surface area contributed by atoms with E-state index < -0.39 is 23.8 Å². The molecule has 0 fully saturated rings. The van der Waals surface area contributed by atoms with Crippen LogP contribution in [0.15, 0.2) is 0 Å². The second-order valence-corrected chi connectivity index (χ2v) is 8.87. The minimum Gasteiger partial charge on any atom is -0.447 e. The Morgan fingerprint density at radius 2 is 1.53 bits per heavy atom. The SMILES string of the molecule is CCCC(CCC(=O)CC)NC(O)C(NC(=O)OCCOCCOCCOC)C(C)(C)C. The molecule has 3 N–H and O–H groups in total. The first-order valence-corrected chi connectivity index (χ1v) is 11.7. The molecule has 9 heteroatoms. The summed E-state index contributed by atoms with van der Waals surface area (Å²) in [5.74, 6) is 0.209. The predicted molar refractivity (Wildman–Crippen MR) is 124 cm³/mol. The lowest BCUT2D eigenvalue weighted by molar-refractivity contribution is -0.119. The van der Waals surface area contributed by atoms with Crippen LogP contribution in [0.25, 0.3) is 0 Å². The number of methoxy groups -OCH3 is 1. The van der Waals surface area contributed by atoms with E-state index in [4.69, 9.17) is 18.9 Å². The van der Waals surface area contributed by atoms with Crippen LogP contribution in [0.2, 0.25) is 0 Å². The minimum atomic E-state index is -0.976. The average molecular weight is 463 g/mol. The zero-order valence-corrected chi connectivity index (χ0v) is 20.9. The zero-order valence-electron chi connectivity index (χ0n) is 20.9. The number of carbonyl (C=O) groups is 2. The molecule has 0 radical (unpaired) electrons. The molecule has 0 aromatic carbocycles. The molecule has 1 amide bonds. The van der Waals surface area contributed by atoms with Gasteiger partial charge in [-0.05, 0) is 18.3 Å². The summed E-state index contributed by atoms with van der Waals surface area (Å²) in [6.45, 7) is 12.0. The quantitative estimate of drug-likeness (QED) is 0.198. The van der Waals surface area contributed by atoms with Crippen LogP contribution < -0.4 is 10.6 Å². The fraction of sp³-hybridized carbons (Fsp3) is 0.913.